The first-order valence-corrected chi connectivity index (χ1v) is 8.10. The topological polar surface area (TPSA) is 43.8 Å². The number of carboxylic acid groups (broad SMARTS) is 1. The number of hydrogen-bond acceptors (Lipinski definition) is 3. The van der Waals surface area contributed by atoms with Crippen LogP contribution in [0.15, 0.2) is 48.5 Å². The maximum atomic E-state index is 13.4. The highest BCUT2D eigenvalue weighted by Gasteiger charge is 2.24. The van der Waals surface area contributed by atoms with Gasteiger partial charge in [0.2, 0.25) is 0 Å². The molecule has 0 aromatic heterocycles. The van der Waals surface area contributed by atoms with Crippen molar-refractivity contribution in [1.29, 1.82) is 0 Å². The molecule has 2 aromatic carbocycles. The summed E-state index contributed by atoms with van der Waals surface area (Å²) in [5.41, 5.74) is 2.33. The van der Waals surface area contributed by atoms with Gasteiger partial charge >= 0.3 is 5.97 Å². The molecule has 1 heterocycles. The van der Waals surface area contributed by atoms with E-state index in [0.29, 0.717) is 11.6 Å². The number of anilines is 1. The second-order valence-corrected chi connectivity index (χ2v) is 6.25. The third-order valence-corrected chi connectivity index (χ3v) is 4.52. The predicted octanol–water partition coefficient (Wildman–Crippen LogP) is 3.23. The lowest BCUT2D eigenvalue weighted by Gasteiger charge is -2.41. The Bertz CT molecular complexity index is 718. The maximum Gasteiger partial charge on any atom is 0.335 e. The minimum Gasteiger partial charge on any atom is -0.478 e. The molecule has 0 bridgehead atoms. The molecule has 1 unspecified atom stereocenters. The van der Waals surface area contributed by atoms with Crippen molar-refractivity contribution in [1.82, 2.24) is 4.90 Å². The second kappa shape index (κ2) is 7.01. The van der Waals surface area contributed by atoms with Crippen LogP contribution in [0, 0.1) is 5.82 Å². The molecule has 0 saturated carbocycles. The van der Waals surface area contributed by atoms with Gasteiger partial charge in [-0.25, -0.2) is 9.18 Å². The molecule has 126 valence electrons. The van der Waals surface area contributed by atoms with E-state index >= 15 is 0 Å². The van der Waals surface area contributed by atoms with Crippen LogP contribution in [0.1, 0.15) is 22.8 Å². The highest BCUT2D eigenvalue weighted by Crippen LogP contribution is 2.21. The van der Waals surface area contributed by atoms with E-state index in [1.54, 1.807) is 24.3 Å². The summed E-state index contributed by atoms with van der Waals surface area (Å²) in [5.74, 6) is -1.11. The standard InChI is InChI=1S/C19H21FN2O2/c1-14-12-22(18-4-2-3-17(20)11-18)10-9-21(14)13-15-5-7-16(8-6-15)19(23)24/h2-8,11,14H,9-10,12-13H2,1H3,(H,23,24). The molecule has 1 saturated heterocycles. The van der Waals surface area contributed by atoms with Gasteiger partial charge in [-0.15, -0.1) is 0 Å². The van der Waals surface area contributed by atoms with E-state index in [1.807, 2.05) is 18.2 Å². The van der Waals surface area contributed by atoms with E-state index in [0.717, 1.165) is 37.4 Å². The number of piperazine rings is 1. The van der Waals surface area contributed by atoms with Crippen molar-refractivity contribution in [2.45, 2.75) is 19.5 Å². The number of rotatable bonds is 4. The zero-order valence-electron chi connectivity index (χ0n) is 13.7. The average Bonchev–Trinajstić information content (AvgIpc) is 2.57. The Morgan fingerprint density at radius 3 is 2.58 bits per heavy atom. The van der Waals surface area contributed by atoms with Crippen LogP contribution in [0.4, 0.5) is 10.1 Å². The van der Waals surface area contributed by atoms with Crippen molar-refractivity contribution in [3.63, 3.8) is 0 Å². The van der Waals surface area contributed by atoms with Gasteiger partial charge in [-0.1, -0.05) is 18.2 Å². The summed E-state index contributed by atoms with van der Waals surface area (Å²) in [6.07, 6.45) is 0. The Kier molecular flexibility index (Phi) is 4.81. The summed E-state index contributed by atoms with van der Waals surface area (Å²) in [4.78, 5) is 15.5. The van der Waals surface area contributed by atoms with E-state index in [9.17, 15) is 9.18 Å². The van der Waals surface area contributed by atoms with Gasteiger partial charge in [0, 0.05) is 37.9 Å². The zero-order valence-corrected chi connectivity index (χ0v) is 13.7. The summed E-state index contributed by atoms with van der Waals surface area (Å²) < 4.78 is 13.4. The quantitative estimate of drug-likeness (QED) is 0.936. The Labute approximate surface area is 141 Å². The normalized spacial score (nSPS) is 18.6. The number of benzene rings is 2. The predicted molar refractivity (Wildman–Crippen MR) is 91.9 cm³/mol. The van der Waals surface area contributed by atoms with Crippen molar-refractivity contribution in [3.05, 3.63) is 65.5 Å². The SMILES string of the molecule is CC1CN(c2cccc(F)c2)CCN1Cc1ccc(C(=O)O)cc1. The van der Waals surface area contributed by atoms with Crippen LogP contribution >= 0.6 is 0 Å². The molecular weight excluding hydrogens is 307 g/mol. The largest absolute Gasteiger partial charge is 0.478 e. The van der Waals surface area contributed by atoms with Gasteiger partial charge in [0.25, 0.3) is 0 Å². The molecule has 1 fully saturated rings. The maximum absolute atomic E-state index is 13.4. The van der Waals surface area contributed by atoms with Crippen LogP contribution in [0.3, 0.4) is 0 Å². The summed E-state index contributed by atoms with van der Waals surface area (Å²) in [6, 6.07) is 14.1. The van der Waals surface area contributed by atoms with E-state index in [1.165, 1.54) is 6.07 Å². The number of aromatic carboxylic acids is 1. The molecule has 4 nitrogen and oxygen atoms in total. The van der Waals surface area contributed by atoms with E-state index < -0.39 is 5.97 Å². The Balaban J connectivity index is 1.62. The average molecular weight is 328 g/mol. The number of carboxylic acids is 1. The van der Waals surface area contributed by atoms with Crippen molar-refractivity contribution in [3.8, 4) is 0 Å². The number of carbonyl (C=O) groups is 1. The number of nitrogens with zero attached hydrogens (tertiary/aromatic N) is 2. The number of hydrogen-bond donors (Lipinski definition) is 1. The molecule has 1 atom stereocenters. The highest BCUT2D eigenvalue weighted by atomic mass is 19.1. The molecule has 0 aliphatic carbocycles. The highest BCUT2D eigenvalue weighted by molar-refractivity contribution is 5.87. The van der Waals surface area contributed by atoms with Crippen LogP contribution in [0.5, 0.6) is 0 Å². The van der Waals surface area contributed by atoms with Crippen LogP contribution in [-0.2, 0) is 6.54 Å². The lowest BCUT2D eigenvalue weighted by atomic mass is 10.1. The first kappa shape index (κ1) is 16.5. The minimum absolute atomic E-state index is 0.207. The van der Waals surface area contributed by atoms with Gasteiger partial charge in [-0.3, -0.25) is 4.90 Å². The molecule has 1 aliphatic heterocycles. The molecule has 5 heteroatoms. The fourth-order valence-electron chi connectivity index (χ4n) is 3.12. The third-order valence-electron chi connectivity index (χ3n) is 4.52. The molecule has 0 amide bonds. The van der Waals surface area contributed by atoms with Crippen molar-refractivity contribution < 1.29 is 14.3 Å². The van der Waals surface area contributed by atoms with Gasteiger partial charge in [-0.05, 0) is 42.8 Å². The van der Waals surface area contributed by atoms with Gasteiger partial charge in [0.15, 0.2) is 0 Å². The first-order valence-electron chi connectivity index (χ1n) is 8.10. The van der Waals surface area contributed by atoms with Crippen molar-refractivity contribution in [2.75, 3.05) is 24.5 Å². The zero-order chi connectivity index (χ0) is 17.1. The monoisotopic (exact) mass is 328 g/mol. The Morgan fingerprint density at radius 2 is 1.96 bits per heavy atom. The van der Waals surface area contributed by atoms with Crippen molar-refractivity contribution >= 4 is 11.7 Å². The van der Waals surface area contributed by atoms with Crippen LogP contribution in [-0.4, -0.2) is 41.7 Å². The summed E-state index contributed by atoms with van der Waals surface area (Å²) in [7, 11) is 0. The fourth-order valence-corrected chi connectivity index (χ4v) is 3.12. The lowest BCUT2D eigenvalue weighted by molar-refractivity contribution is 0.0697. The smallest absolute Gasteiger partial charge is 0.335 e. The minimum atomic E-state index is -0.904. The van der Waals surface area contributed by atoms with Gasteiger partial charge < -0.3 is 10.0 Å². The Hall–Kier alpha value is -2.40. The second-order valence-electron chi connectivity index (χ2n) is 6.25. The van der Waals surface area contributed by atoms with Crippen LogP contribution in [0.25, 0.3) is 0 Å². The molecule has 2 aromatic rings. The molecule has 3 rings (SSSR count). The van der Waals surface area contributed by atoms with Crippen molar-refractivity contribution in [2.24, 2.45) is 0 Å². The van der Waals surface area contributed by atoms with E-state index in [-0.39, 0.29) is 5.82 Å². The first-order chi connectivity index (χ1) is 11.5. The van der Waals surface area contributed by atoms with E-state index in [2.05, 4.69) is 16.7 Å². The molecule has 0 radical (unpaired) electrons. The summed E-state index contributed by atoms with van der Waals surface area (Å²) in [5, 5.41) is 8.95. The molecule has 1 N–H and O–H groups in total. The third kappa shape index (κ3) is 3.74. The molecule has 0 spiro atoms. The molecule has 1 aliphatic rings. The van der Waals surface area contributed by atoms with Crippen LogP contribution < -0.4 is 4.90 Å². The van der Waals surface area contributed by atoms with Crippen LogP contribution in [0.2, 0.25) is 0 Å². The fraction of sp³-hybridized carbons (Fsp3) is 0.316. The van der Waals surface area contributed by atoms with Gasteiger partial charge in [0.1, 0.15) is 5.82 Å². The summed E-state index contributed by atoms with van der Waals surface area (Å²) in [6.45, 7) is 5.53. The summed E-state index contributed by atoms with van der Waals surface area (Å²) >= 11 is 0. The molecule has 24 heavy (non-hydrogen) atoms. The van der Waals surface area contributed by atoms with E-state index in [4.69, 9.17) is 5.11 Å². The molecular formula is C19H21FN2O2. The lowest BCUT2D eigenvalue weighted by Crippen LogP contribution is -2.51. The Morgan fingerprint density at radius 1 is 1.21 bits per heavy atom. The number of halogens is 1. The van der Waals surface area contributed by atoms with Gasteiger partial charge in [-0.2, -0.15) is 0 Å². The van der Waals surface area contributed by atoms with Gasteiger partial charge in [0.05, 0.1) is 5.56 Å².